The fourth-order valence-corrected chi connectivity index (χ4v) is 0.858. The molecule has 0 rings (SSSR count). The van der Waals surface area contributed by atoms with Gasteiger partial charge in [-0.2, -0.15) is 0 Å². The van der Waals surface area contributed by atoms with E-state index in [9.17, 15) is 0 Å². The minimum absolute atomic E-state index is 0.00521. The van der Waals surface area contributed by atoms with Crippen molar-refractivity contribution in [3.05, 3.63) is 0 Å². The fraction of sp³-hybridized carbons (Fsp3) is 1.00. The van der Waals surface area contributed by atoms with Gasteiger partial charge in [0.05, 0.1) is 0 Å². The van der Waals surface area contributed by atoms with Crippen LogP contribution in [0.2, 0.25) is 0 Å². The highest BCUT2D eigenvalue weighted by molar-refractivity contribution is 4.81. The SMILES string of the molecule is CCC(CN)(CN)CNN. The van der Waals surface area contributed by atoms with Gasteiger partial charge in [-0.3, -0.25) is 11.3 Å². The quantitative estimate of drug-likeness (QED) is 0.288. The average molecular weight is 146 g/mol. The topological polar surface area (TPSA) is 90.1 Å². The van der Waals surface area contributed by atoms with Gasteiger partial charge in [-0.15, -0.1) is 0 Å². The van der Waals surface area contributed by atoms with E-state index in [1.54, 1.807) is 0 Å². The summed E-state index contributed by atoms with van der Waals surface area (Å²) >= 11 is 0. The number of hydrogen-bond donors (Lipinski definition) is 4. The summed E-state index contributed by atoms with van der Waals surface area (Å²) in [6, 6.07) is 0. The molecular formula is C6H18N4. The molecule has 10 heavy (non-hydrogen) atoms. The summed E-state index contributed by atoms with van der Waals surface area (Å²) in [6.45, 7) is 3.93. The van der Waals surface area contributed by atoms with Crippen LogP contribution in [-0.4, -0.2) is 19.6 Å². The minimum Gasteiger partial charge on any atom is -0.330 e. The van der Waals surface area contributed by atoms with Gasteiger partial charge < -0.3 is 11.5 Å². The van der Waals surface area contributed by atoms with Crippen molar-refractivity contribution in [3.63, 3.8) is 0 Å². The maximum Gasteiger partial charge on any atom is 0.0178 e. The molecule has 62 valence electrons. The summed E-state index contributed by atoms with van der Waals surface area (Å²) in [7, 11) is 0. The van der Waals surface area contributed by atoms with Crippen LogP contribution in [0, 0.1) is 5.41 Å². The first-order chi connectivity index (χ1) is 4.74. The highest BCUT2D eigenvalue weighted by Gasteiger charge is 2.23. The third kappa shape index (κ3) is 2.22. The summed E-state index contributed by atoms with van der Waals surface area (Å²) < 4.78 is 0. The number of rotatable bonds is 5. The molecule has 0 saturated carbocycles. The van der Waals surface area contributed by atoms with Crippen LogP contribution in [0.25, 0.3) is 0 Å². The fourth-order valence-electron chi connectivity index (χ4n) is 0.858. The van der Waals surface area contributed by atoms with Crippen LogP contribution in [0.15, 0.2) is 0 Å². The van der Waals surface area contributed by atoms with E-state index >= 15 is 0 Å². The zero-order chi connectivity index (χ0) is 8.04. The third-order valence-corrected chi connectivity index (χ3v) is 2.09. The second kappa shape index (κ2) is 4.62. The Bertz CT molecular complexity index is 71.6. The van der Waals surface area contributed by atoms with Crippen LogP contribution in [-0.2, 0) is 0 Å². The van der Waals surface area contributed by atoms with Crippen molar-refractivity contribution in [2.75, 3.05) is 19.6 Å². The van der Waals surface area contributed by atoms with Gasteiger partial charge in [0.1, 0.15) is 0 Å². The average Bonchev–Trinajstić information content (AvgIpc) is 2.01. The molecule has 0 spiro atoms. The Labute approximate surface area is 62.1 Å². The predicted octanol–water partition coefficient (Wildman–Crippen LogP) is -1.24. The Hall–Kier alpha value is -0.160. The maximum absolute atomic E-state index is 5.54. The smallest absolute Gasteiger partial charge is 0.0178 e. The van der Waals surface area contributed by atoms with E-state index in [-0.39, 0.29) is 5.41 Å². The van der Waals surface area contributed by atoms with E-state index in [4.69, 9.17) is 17.3 Å². The third-order valence-electron chi connectivity index (χ3n) is 2.09. The monoisotopic (exact) mass is 146 g/mol. The van der Waals surface area contributed by atoms with E-state index in [2.05, 4.69) is 12.3 Å². The number of hydrogen-bond acceptors (Lipinski definition) is 4. The molecule has 7 N–H and O–H groups in total. The van der Waals surface area contributed by atoms with Crippen LogP contribution in [0.1, 0.15) is 13.3 Å². The molecule has 0 aromatic heterocycles. The molecule has 4 heteroatoms. The van der Waals surface area contributed by atoms with Gasteiger partial charge in [0.2, 0.25) is 0 Å². The summed E-state index contributed by atoms with van der Waals surface area (Å²) in [5, 5.41) is 0. The van der Waals surface area contributed by atoms with Gasteiger partial charge in [-0.1, -0.05) is 6.92 Å². The molecule has 0 aliphatic heterocycles. The molecule has 0 unspecified atom stereocenters. The van der Waals surface area contributed by atoms with E-state index in [1.807, 2.05) is 0 Å². The summed E-state index contributed by atoms with van der Waals surface area (Å²) in [6.07, 6.45) is 0.962. The molecule has 4 nitrogen and oxygen atoms in total. The van der Waals surface area contributed by atoms with Crippen molar-refractivity contribution >= 4 is 0 Å². The second-order valence-electron chi connectivity index (χ2n) is 2.64. The van der Waals surface area contributed by atoms with Crippen LogP contribution < -0.4 is 22.7 Å². The zero-order valence-electron chi connectivity index (χ0n) is 6.56. The molecule has 0 saturated heterocycles. The Balaban J connectivity index is 3.87. The Morgan fingerprint density at radius 1 is 1.30 bits per heavy atom. The normalized spacial score (nSPS) is 12.0. The van der Waals surface area contributed by atoms with Crippen LogP contribution >= 0.6 is 0 Å². The molecule has 0 aromatic rings. The molecule has 0 aliphatic carbocycles. The summed E-state index contributed by atoms with van der Waals surface area (Å²) in [5.41, 5.74) is 13.7. The first-order valence-electron chi connectivity index (χ1n) is 3.58. The zero-order valence-corrected chi connectivity index (χ0v) is 6.56. The lowest BCUT2D eigenvalue weighted by atomic mass is 9.85. The minimum atomic E-state index is -0.00521. The molecule has 0 radical (unpaired) electrons. The standard InChI is InChI=1S/C6H18N4/c1-2-6(3-7,4-8)5-10-9/h10H,2-5,7-9H2,1H3. The maximum atomic E-state index is 5.54. The molecule has 0 heterocycles. The van der Waals surface area contributed by atoms with E-state index in [0.717, 1.165) is 6.42 Å². The van der Waals surface area contributed by atoms with Gasteiger partial charge in [0.15, 0.2) is 0 Å². The highest BCUT2D eigenvalue weighted by Crippen LogP contribution is 2.16. The van der Waals surface area contributed by atoms with Crippen molar-refractivity contribution in [2.45, 2.75) is 13.3 Å². The Morgan fingerprint density at radius 3 is 1.90 bits per heavy atom. The lowest BCUT2D eigenvalue weighted by molar-refractivity contribution is 0.282. The van der Waals surface area contributed by atoms with Gasteiger partial charge in [0, 0.05) is 25.0 Å². The first kappa shape index (κ1) is 9.84. The van der Waals surface area contributed by atoms with Crippen LogP contribution in [0.4, 0.5) is 0 Å². The molecular weight excluding hydrogens is 128 g/mol. The molecule has 0 amide bonds. The Kier molecular flexibility index (Phi) is 4.55. The van der Waals surface area contributed by atoms with Gasteiger partial charge >= 0.3 is 0 Å². The van der Waals surface area contributed by atoms with E-state index < -0.39 is 0 Å². The lowest BCUT2D eigenvalue weighted by Crippen LogP contribution is -2.47. The lowest BCUT2D eigenvalue weighted by Gasteiger charge is -2.28. The van der Waals surface area contributed by atoms with Crippen molar-refractivity contribution in [3.8, 4) is 0 Å². The van der Waals surface area contributed by atoms with Crippen molar-refractivity contribution in [2.24, 2.45) is 22.7 Å². The van der Waals surface area contributed by atoms with Gasteiger partial charge in [-0.05, 0) is 6.42 Å². The van der Waals surface area contributed by atoms with Crippen molar-refractivity contribution in [1.82, 2.24) is 5.43 Å². The van der Waals surface area contributed by atoms with Crippen LogP contribution in [0.5, 0.6) is 0 Å². The second-order valence-corrected chi connectivity index (χ2v) is 2.64. The molecule has 0 bridgehead atoms. The van der Waals surface area contributed by atoms with E-state index in [1.165, 1.54) is 0 Å². The van der Waals surface area contributed by atoms with Gasteiger partial charge in [0.25, 0.3) is 0 Å². The van der Waals surface area contributed by atoms with Gasteiger partial charge in [-0.25, -0.2) is 0 Å². The molecule has 0 fully saturated rings. The molecule has 0 atom stereocenters. The Morgan fingerprint density at radius 2 is 1.80 bits per heavy atom. The first-order valence-corrected chi connectivity index (χ1v) is 3.58. The molecule has 0 aromatic carbocycles. The molecule has 0 aliphatic rings. The number of hydrazine groups is 1. The highest BCUT2D eigenvalue weighted by atomic mass is 15.2. The number of nitrogens with two attached hydrogens (primary N) is 3. The van der Waals surface area contributed by atoms with E-state index in [0.29, 0.717) is 19.6 Å². The largest absolute Gasteiger partial charge is 0.330 e. The van der Waals surface area contributed by atoms with Crippen molar-refractivity contribution < 1.29 is 0 Å². The summed E-state index contributed by atoms with van der Waals surface area (Å²) in [5.74, 6) is 5.18. The van der Waals surface area contributed by atoms with Crippen molar-refractivity contribution in [1.29, 1.82) is 0 Å². The van der Waals surface area contributed by atoms with Crippen LogP contribution in [0.3, 0.4) is 0 Å². The predicted molar refractivity (Wildman–Crippen MR) is 43.0 cm³/mol. The number of nitrogens with one attached hydrogen (secondary N) is 1. The summed E-state index contributed by atoms with van der Waals surface area (Å²) in [4.78, 5) is 0.